The molecule has 0 bridgehead atoms. The summed E-state index contributed by atoms with van der Waals surface area (Å²) in [5.41, 5.74) is 5.54. The van der Waals surface area contributed by atoms with E-state index in [2.05, 4.69) is 15.1 Å². The quantitative estimate of drug-likeness (QED) is 0.556. The van der Waals surface area contributed by atoms with Crippen LogP contribution in [0, 0.1) is 0 Å². The minimum atomic E-state index is -0.0677. The summed E-state index contributed by atoms with van der Waals surface area (Å²) in [6, 6.07) is -0.0677. The molecule has 6 heteroatoms. The zero-order chi connectivity index (χ0) is 13.4. The third-order valence-corrected chi connectivity index (χ3v) is 3.38. The first-order valence-electron chi connectivity index (χ1n) is 6.62. The zero-order valence-electron chi connectivity index (χ0n) is 11.5. The maximum absolute atomic E-state index is 11.9. The fraction of sp³-hybridized carbons (Fsp3) is 0.917. The van der Waals surface area contributed by atoms with Gasteiger partial charge in [0.15, 0.2) is 0 Å². The molecule has 1 unspecified atom stereocenters. The van der Waals surface area contributed by atoms with Gasteiger partial charge in [0.1, 0.15) is 0 Å². The van der Waals surface area contributed by atoms with Gasteiger partial charge in [-0.05, 0) is 6.92 Å². The molecule has 1 fully saturated rings. The molecule has 0 saturated carbocycles. The number of hydrogen-bond donors (Lipinski definition) is 2. The van der Waals surface area contributed by atoms with Crippen molar-refractivity contribution in [3.05, 3.63) is 0 Å². The number of methoxy groups -OCH3 is 1. The highest BCUT2D eigenvalue weighted by molar-refractivity contribution is 5.81. The molecule has 0 radical (unpaired) electrons. The molecule has 1 aliphatic heterocycles. The third-order valence-electron chi connectivity index (χ3n) is 3.38. The van der Waals surface area contributed by atoms with Gasteiger partial charge >= 0.3 is 0 Å². The molecule has 1 rings (SSSR count). The molecule has 1 heterocycles. The van der Waals surface area contributed by atoms with Gasteiger partial charge in [0.05, 0.1) is 12.6 Å². The lowest BCUT2D eigenvalue weighted by Crippen LogP contribution is -2.54. The lowest BCUT2D eigenvalue weighted by atomic mass is 10.2. The van der Waals surface area contributed by atoms with Crippen LogP contribution >= 0.6 is 0 Å². The summed E-state index contributed by atoms with van der Waals surface area (Å²) in [6.45, 7) is 8.59. The second-order valence-corrected chi connectivity index (χ2v) is 4.63. The average Bonchev–Trinajstić information content (AvgIpc) is 2.39. The Bertz CT molecular complexity index is 242. The van der Waals surface area contributed by atoms with E-state index >= 15 is 0 Å². The summed E-state index contributed by atoms with van der Waals surface area (Å²) in [5, 5.41) is 2.88. The van der Waals surface area contributed by atoms with Gasteiger partial charge in [-0.1, -0.05) is 0 Å². The van der Waals surface area contributed by atoms with Crippen LogP contribution in [0.4, 0.5) is 0 Å². The van der Waals surface area contributed by atoms with Crippen molar-refractivity contribution in [1.82, 2.24) is 15.1 Å². The molecule has 1 aliphatic rings. The van der Waals surface area contributed by atoms with E-state index in [0.29, 0.717) is 19.7 Å². The topological polar surface area (TPSA) is 70.8 Å². The van der Waals surface area contributed by atoms with Crippen LogP contribution in [0.5, 0.6) is 0 Å². The number of nitrogens with zero attached hydrogens (tertiary/aromatic N) is 2. The van der Waals surface area contributed by atoms with E-state index in [0.717, 1.165) is 32.7 Å². The van der Waals surface area contributed by atoms with Crippen molar-refractivity contribution < 1.29 is 9.53 Å². The molecule has 3 N–H and O–H groups in total. The number of hydrogen-bond acceptors (Lipinski definition) is 5. The van der Waals surface area contributed by atoms with Crippen molar-refractivity contribution in [3.8, 4) is 0 Å². The Hall–Kier alpha value is -0.690. The van der Waals surface area contributed by atoms with Crippen LogP contribution in [0.1, 0.15) is 6.92 Å². The van der Waals surface area contributed by atoms with Gasteiger partial charge < -0.3 is 15.8 Å². The molecule has 1 saturated heterocycles. The highest BCUT2D eigenvalue weighted by Crippen LogP contribution is 2.05. The SMILES string of the molecule is COCCNC(=O)C(C)N1CCN(CCN)CC1. The second kappa shape index (κ2) is 8.42. The van der Waals surface area contributed by atoms with E-state index in [9.17, 15) is 4.79 Å². The molecule has 18 heavy (non-hydrogen) atoms. The molecule has 0 aliphatic carbocycles. The second-order valence-electron chi connectivity index (χ2n) is 4.63. The number of ether oxygens (including phenoxy) is 1. The first kappa shape index (κ1) is 15.4. The Labute approximate surface area is 109 Å². The number of rotatable bonds is 7. The third kappa shape index (κ3) is 4.89. The summed E-state index contributed by atoms with van der Waals surface area (Å²) in [6.07, 6.45) is 0. The normalized spacial score (nSPS) is 19.7. The maximum Gasteiger partial charge on any atom is 0.237 e. The van der Waals surface area contributed by atoms with Crippen molar-refractivity contribution >= 4 is 5.91 Å². The lowest BCUT2D eigenvalue weighted by molar-refractivity contribution is -0.126. The van der Waals surface area contributed by atoms with Crippen molar-refractivity contribution in [2.45, 2.75) is 13.0 Å². The smallest absolute Gasteiger partial charge is 0.237 e. The fourth-order valence-corrected chi connectivity index (χ4v) is 2.15. The monoisotopic (exact) mass is 258 g/mol. The Morgan fingerprint density at radius 3 is 2.61 bits per heavy atom. The molecule has 0 spiro atoms. The number of nitrogens with two attached hydrogens (primary N) is 1. The largest absolute Gasteiger partial charge is 0.383 e. The van der Waals surface area contributed by atoms with Crippen LogP contribution in [-0.4, -0.2) is 81.3 Å². The first-order valence-corrected chi connectivity index (χ1v) is 6.62. The van der Waals surface area contributed by atoms with Gasteiger partial charge in [-0.25, -0.2) is 0 Å². The summed E-state index contributed by atoms with van der Waals surface area (Å²) >= 11 is 0. The van der Waals surface area contributed by atoms with Crippen LogP contribution in [-0.2, 0) is 9.53 Å². The number of nitrogens with one attached hydrogen (secondary N) is 1. The summed E-state index contributed by atoms with van der Waals surface area (Å²) < 4.78 is 4.91. The van der Waals surface area contributed by atoms with Crippen molar-refractivity contribution in [2.24, 2.45) is 5.73 Å². The molecular weight excluding hydrogens is 232 g/mol. The number of carbonyl (C=O) groups excluding carboxylic acids is 1. The van der Waals surface area contributed by atoms with Crippen LogP contribution in [0.2, 0.25) is 0 Å². The van der Waals surface area contributed by atoms with Crippen LogP contribution in [0.3, 0.4) is 0 Å². The Morgan fingerprint density at radius 2 is 2.06 bits per heavy atom. The molecule has 106 valence electrons. The van der Waals surface area contributed by atoms with Gasteiger partial charge in [0.2, 0.25) is 5.91 Å². The van der Waals surface area contributed by atoms with E-state index in [-0.39, 0.29) is 11.9 Å². The van der Waals surface area contributed by atoms with E-state index in [1.165, 1.54) is 0 Å². The Balaban J connectivity index is 2.26. The summed E-state index contributed by atoms with van der Waals surface area (Å²) in [7, 11) is 1.63. The van der Waals surface area contributed by atoms with Gasteiger partial charge in [0, 0.05) is 52.9 Å². The number of amides is 1. The average molecular weight is 258 g/mol. The maximum atomic E-state index is 11.9. The van der Waals surface area contributed by atoms with Crippen molar-refractivity contribution in [3.63, 3.8) is 0 Å². The minimum Gasteiger partial charge on any atom is -0.383 e. The van der Waals surface area contributed by atoms with Crippen molar-refractivity contribution in [2.75, 3.05) is 59.5 Å². The first-order chi connectivity index (χ1) is 8.69. The fourth-order valence-electron chi connectivity index (χ4n) is 2.15. The Morgan fingerprint density at radius 1 is 1.39 bits per heavy atom. The predicted octanol–water partition coefficient (Wildman–Crippen LogP) is -1.29. The molecule has 1 atom stereocenters. The highest BCUT2D eigenvalue weighted by Gasteiger charge is 2.24. The van der Waals surface area contributed by atoms with Crippen molar-refractivity contribution in [1.29, 1.82) is 0 Å². The number of piperazine rings is 1. The van der Waals surface area contributed by atoms with Crippen LogP contribution in [0.25, 0.3) is 0 Å². The van der Waals surface area contributed by atoms with Gasteiger partial charge in [-0.2, -0.15) is 0 Å². The lowest BCUT2D eigenvalue weighted by Gasteiger charge is -2.37. The van der Waals surface area contributed by atoms with E-state index in [4.69, 9.17) is 10.5 Å². The van der Waals surface area contributed by atoms with E-state index < -0.39 is 0 Å². The molecule has 1 amide bonds. The molecule has 0 aromatic carbocycles. The zero-order valence-corrected chi connectivity index (χ0v) is 11.5. The highest BCUT2D eigenvalue weighted by atomic mass is 16.5. The Kier molecular flexibility index (Phi) is 7.19. The summed E-state index contributed by atoms with van der Waals surface area (Å²) in [4.78, 5) is 16.4. The van der Waals surface area contributed by atoms with E-state index in [1.807, 2.05) is 6.92 Å². The van der Waals surface area contributed by atoms with Gasteiger partial charge in [-0.3, -0.25) is 14.6 Å². The van der Waals surface area contributed by atoms with E-state index in [1.54, 1.807) is 7.11 Å². The number of carbonyl (C=O) groups is 1. The predicted molar refractivity (Wildman–Crippen MR) is 71.4 cm³/mol. The molecule has 0 aromatic heterocycles. The van der Waals surface area contributed by atoms with Gasteiger partial charge in [-0.15, -0.1) is 0 Å². The van der Waals surface area contributed by atoms with Crippen LogP contribution < -0.4 is 11.1 Å². The standard InChI is InChI=1S/C12H26N4O2/c1-11(12(17)14-4-10-18-2)16-8-6-15(5-3-13)7-9-16/h11H,3-10,13H2,1-2H3,(H,14,17). The molecule has 6 nitrogen and oxygen atoms in total. The minimum absolute atomic E-state index is 0.0677. The van der Waals surface area contributed by atoms with Crippen LogP contribution in [0.15, 0.2) is 0 Å². The van der Waals surface area contributed by atoms with Gasteiger partial charge in [0.25, 0.3) is 0 Å². The molecular formula is C12H26N4O2. The molecule has 0 aromatic rings. The summed E-state index contributed by atoms with van der Waals surface area (Å²) in [5.74, 6) is 0.0827.